The molecule has 1 aliphatic heterocycles. The summed E-state index contributed by atoms with van der Waals surface area (Å²) >= 11 is 0. The fourth-order valence-corrected chi connectivity index (χ4v) is 2.37. The van der Waals surface area contributed by atoms with Crippen LogP contribution in [0.2, 0.25) is 0 Å². The van der Waals surface area contributed by atoms with Crippen molar-refractivity contribution in [3.8, 4) is 0 Å². The van der Waals surface area contributed by atoms with Gasteiger partial charge in [0.05, 0.1) is 0 Å². The Morgan fingerprint density at radius 1 is 1.22 bits per heavy atom. The molecule has 1 heterocycles. The molecule has 1 unspecified atom stereocenters. The number of rotatable bonds is 2. The molecule has 1 aromatic carbocycles. The molecule has 0 spiro atoms. The molecule has 1 saturated heterocycles. The van der Waals surface area contributed by atoms with Crippen LogP contribution >= 0.6 is 0 Å². The van der Waals surface area contributed by atoms with E-state index in [1.807, 2.05) is 51.1 Å². The molecule has 18 heavy (non-hydrogen) atoms. The fourth-order valence-electron chi connectivity index (χ4n) is 2.37. The molecular weight excluding hydrogens is 226 g/mol. The van der Waals surface area contributed by atoms with Crippen molar-refractivity contribution in [3.63, 3.8) is 0 Å². The molecule has 0 radical (unpaired) electrons. The number of hydrogen-bond donors (Lipinski definition) is 0. The highest BCUT2D eigenvalue weighted by Crippen LogP contribution is 2.27. The van der Waals surface area contributed by atoms with Gasteiger partial charge in [-0.2, -0.15) is 0 Å². The molecule has 1 fully saturated rings. The van der Waals surface area contributed by atoms with E-state index in [0.717, 1.165) is 0 Å². The van der Waals surface area contributed by atoms with Gasteiger partial charge < -0.3 is 4.90 Å². The van der Waals surface area contributed by atoms with Crippen molar-refractivity contribution in [1.29, 1.82) is 0 Å². The molecular formula is C15H19NO2. The van der Waals surface area contributed by atoms with Gasteiger partial charge in [0.25, 0.3) is 0 Å². The molecule has 0 saturated carbocycles. The minimum atomic E-state index is -0.206. The zero-order valence-corrected chi connectivity index (χ0v) is 11.1. The SMILES string of the molecule is CC(C)(C)N1CC(C(=O)c2ccccc2)CC1=O. The third kappa shape index (κ3) is 2.45. The lowest BCUT2D eigenvalue weighted by molar-refractivity contribution is -0.131. The zero-order chi connectivity index (χ0) is 13.3. The van der Waals surface area contributed by atoms with Crippen molar-refractivity contribution in [2.24, 2.45) is 5.92 Å². The van der Waals surface area contributed by atoms with Gasteiger partial charge in [-0.05, 0) is 20.8 Å². The summed E-state index contributed by atoms with van der Waals surface area (Å²) in [5.74, 6) is -0.0355. The lowest BCUT2D eigenvalue weighted by Gasteiger charge is -2.31. The first-order valence-electron chi connectivity index (χ1n) is 6.29. The van der Waals surface area contributed by atoms with Crippen LogP contribution in [0.4, 0.5) is 0 Å². The number of carbonyl (C=O) groups excluding carboxylic acids is 2. The van der Waals surface area contributed by atoms with E-state index in [2.05, 4.69) is 0 Å². The Morgan fingerprint density at radius 2 is 1.83 bits per heavy atom. The summed E-state index contributed by atoms with van der Waals surface area (Å²) in [5, 5.41) is 0. The number of hydrogen-bond acceptors (Lipinski definition) is 2. The van der Waals surface area contributed by atoms with Gasteiger partial charge in [0.15, 0.2) is 5.78 Å². The second-order valence-corrected chi connectivity index (χ2v) is 5.81. The lowest BCUT2D eigenvalue weighted by Crippen LogP contribution is -2.42. The smallest absolute Gasteiger partial charge is 0.223 e. The van der Waals surface area contributed by atoms with E-state index in [1.54, 1.807) is 4.90 Å². The largest absolute Gasteiger partial charge is 0.337 e. The first kappa shape index (κ1) is 12.8. The monoisotopic (exact) mass is 245 g/mol. The maximum Gasteiger partial charge on any atom is 0.223 e. The van der Waals surface area contributed by atoms with E-state index < -0.39 is 0 Å². The van der Waals surface area contributed by atoms with E-state index in [9.17, 15) is 9.59 Å². The molecule has 3 nitrogen and oxygen atoms in total. The Morgan fingerprint density at radius 3 is 2.33 bits per heavy atom. The Labute approximate surface area is 108 Å². The van der Waals surface area contributed by atoms with Gasteiger partial charge in [-0.3, -0.25) is 9.59 Å². The van der Waals surface area contributed by atoms with Crippen LogP contribution in [0, 0.1) is 5.92 Å². The Balaban J connectivity index is 2.14. The molecule has 3 heteroatoms. The quantitative estimate of drug-likeness (QED) is 0.751. The molecule has 0 N–H and O–H groups in total. The number of nitrogens with zero attached hydrogens (tertiary/aromatic N) is 1. The zero-order valence-electron chi connectivity index (χ0n) is 11.1. The second-order valence-electron chi connectivity index (χ2n) is 5.81. The van der Waals surface area contributed by atoms with Crippen molar-refractivity contribution >= 4 is 11.7 Å². The molecule has 96 valence electrons. The minimum Gasteiger partial charge on any atom is -0.337 e. The average Bonchev–Trinajstić information content (AvgIpc) is 2.71. The molecule has 0 aromatic heterocycles. The first-order valence-corrected chi connectivity index (χ1v) is 6.29. The minimum absolute atomic E-state index is 0.0794. The van der Waals surface area contributed by atoms with Crippen LogP contribution in [0.1, 0.15) is 37.6 Å². The van der Waals surface area contributed by atoms with Gasteiger partial charge in [0, 0.05) is 30.0 Å². The van der Waals surface area contributed by atoms with Crippen LogP contribution in [-0.4, -0.2) is 28.7 Å². The van der Waals surface area contributed by atoms with Gasteiger partial charge in [0.1, 0.15) is 0 Å². The number of amides is 1. The normalized spacial score (nSPS) is 20.3. The molecule has 1 aromatic rings. The number of benzene rings is 1. The van der Waals surface area contributed by atoms with Crippen LogP contribution in [-0.2, 0) is 4.79 Å². The standard InChI is InChI=1S/C15H19NO2/c1-15(2,3)16-10-12(9-13(16)17)14(18)11-7-5-4-6-8-11/h4-8,12H,9-10H2,1-3H3. The highest BCUT2D eigenvalue weighted by atomic mass is 16.2. The molecule has 0 bridgehead atoms. The predicted octanol–water partition coefficient (Wildman–Crippen LogP) is 2.52. The van der Waals surface area contributed by atoms with Crippen LogP contribution in [0.5, 0.6) is 0 Å². The van der Waals surface area contributed by atoms with E-state index in [0.29, 0.717) is 18.5 Å². The fraction of sp³-hybridized carbons (Fsp3) is 0.467. The predicted molar refractivity (Wildman–Crippen MR) is 70.3 cm³/mol. The highest BCUT2D eigenvalue weighted by Gasteiger charge is 2.39. The third-order valence-electron chi connectivity index (χ3n) is 3.36. The summed E-state index contributed by atoms with van der Waals surface area (Å²) in [7, 11) is 0. The summed E-state index contributed by atoms with van der Waals surface area (Å²) in [6.07, 6.45) is 0.338. The summed E-state index contributed by atoms with van der Waals surface area (Å²) < 4.78 is 0. The topological polar surface area (TPSA) is 37.4 Å². The maximum absolute atomic E-state index is 12.3. The second kappa shape index (κ2) is 4.56. The van der Waals surface area contributed by atoms with Crippen LogP contribution < -0.4 is 0 Å². The van der Waals surface area contributed by atoms with Crippen LogP contribution in [0.15, 0.2) is 30.3 Å². The van der Waals surface area contributed by atoms with Crippen molar-refractivity contribution < 1.29 is 9.59 Å². The summed E-state index contributed by atoms with van der Waals surface area (Å²) in [6, 6.07) is 9.22. The van der Waals surface area contributed by atoms with E-state index in [4.69, 9.17) is 0 Å². The molecule has 1 amide bonds. The van der Waals surface area contributed by atoms with Crippen LogP contribution in [0.3, 0.4) is 0 Å². The first-order chi connectivity index (χ1) is 8.39. The number of Topliss-reactive ketones (excluding diaryl/α,β-unsaturated/α-hetero) is 1. The van der Waals surface area contributed by atoms with E-state index in [1.165, 1.54) is 0 Å². The summed E-state index contributed by atoms with van der Waals surface area (Å²) in [5.41, 5.74) is 0.495. The molecule has 0 aliphatic carbocycles. The number of likely N-dealkylation sites (tertiary alicyclic amines) is 1. The van der Waals surface area contributed by atoms with Crippen molar-refractivity contribution in [3.05, 3.63) is 35.9 Å². The van der Waals surface area contributed by atoms with Gasteiger partial charge in [-0.15, -0.1) is 0 Å². The van der Waals surface area contributed by atoms with E-state index in [-0.39, 0.29) is 23.1 Å². The number of carbonyl (C=O) groups is 2. The Hall–Kier alpha value is -1.64. The van der Waals surface area contributed by atoms with Crippen molar-refractivity contribution in [2.45, 2.75) is 32.7 Å². The van der Waals surface area contributed by atoms with Gasteiger partial charge >= 0.3 is 0 Å². The Bertz CT molecular complexity index is 459. The lowest BCUT2D eigenvalue weighted by atomic mass is 9.97. The maximum atomic E-state index is 12.3. The van der Waals surface area contributed by atoms with Crippen LogP contribution in [0.25, 0.3) is 0 Å². The van der Waals surface area contributed by atoms with Gasteiger partial charge in [0.2, 0.25) is 5.91 Å². The molecule has 1 atom stereocenters. The number of ketones is 1. The third-order valence-corrected chi connectivity index (χ3v) is 3.36. The Kier molecular flexibility index (Phi) is 3.24. The summed E-state index contributed by atoms with van der Waals surface area (Å²) in [6.45, 7) is 6.54. The van der Waals surface area contributed by atoms with Gasteiger partial charge in [-0.25, -0.2) is 0 Å². The molecule has 1 aliphatic rings. The molecule has 2 rings (SSSR count). The van der Waals surface area contributed by atoms with E-state index >= 15 is 0 Å². The van der Waals surface area contributed by atoms with Crippen molar-refractivity contribution in [1.82, 2.24) is 4.90 Å². The average molecular weight is 245 g/mol. The summed E-state index contributed by atoms with van der Waals surface area (Å²) in [4.78, 5) is 26.0. The highest BCUT2D eigenvalue weighted by molar-refractivity contribution is 6.01. The van der Waals surface area contributed by atoms with Crippen molar-refractivity contribution in [2.75, 3.05) is 6.54 Å². The van der Waals surface area contributed by atoms with Gasteiger partial charge in [-0.1, -0.05) is 30.3 Å².